The van der Waals surface area contributed by atoms with Crippen molar-refractivity contribution in [3.63, 3.8) is 0 Å². The summed E-state index contributed by atoms with van der Waals surface area (Å²) in [4.78, 5) is 41.2. The van der Waals surface area contributed by atoms with Gasteiger partial charge >= 0.3 is 6.18 Å². The number of rotatable bonds is 7. The summed E-state index contributed by atoms with van der Waals surface area (Å²) in [5, 5.41) is 10.2. The van der Waals surface area contributed by atoms with Crippen LogP contribution >= 0.6 is 11.6 Å². The molecule has 0 fully saturated rings. The highest BCUT2D eigenvalue weighted by Gasteiger charge is 2.45. The van der Waals surface area contributed by atoms with Crippen LogP contribution in [0, 0.1) is 6.92 Å². The van der Waals surface area contributed by atoms with E-state index < -0.39 is 41.4 Å². The number of nitrogens with one attached hydrogen (secondary N) is 2. The van der Waals surface area contributed by atoms with Crippen molar-refractivity contribution in [1.82, 2.24) is 15.1 Å². The molecule has 0 saturated carbocycles. The Morgan fingerprint density at radius 1 is 1.00 bits per heavy atom. The third kappa shape index (κ3) is 5.85. The molecule has 43 heavy (non-hydrogen) atoms. The quantitative estimate of drug-likeness (QED) is 0.264. The highest BCUT2D eigenvalue weighted by molar-refractivity contribution is 6.29. The fraction of sp³-hybridized carbons (Fsp3) is 0.226. The number of hydrogen-bond acceptors (Lipinski definition) is 4. The van der Waals surface area contributed by atoms with Gasteiger partial charge in [0.2, 0.25) is 5.91 Å². The first kappa shape index (κ1) is 29.8. The summed E-state index contributed by atoms with van der Waals surface area (Å²) < 4.78 is 41.9. The summed E-state index contributed by atoms with van der Waals surface area (Å²) in [6.45, 7) is 3.81. The Balaban J connectivity index is 1.66. The van der Waals surface area contributed by atoms with E-state index in [4.69, 9.17) is 16.7 Å². The van der Waals surface area contributed by atoms with Crippen LogP contribution in [0.4, 0.5) is 24.7 Å². The SMILES string of the molecule is CCN1C(=O)[C@@H](NC(=O)c2cccc(C(F)(F)F)c2)[C@@H](c2cccc(NC(=O)CCl)c2)c2c(C)nn(-c3ccccc3)c21. The molecule has 1 aliphatic rings. The van der Waals surface area contributed by atoms with Crippen molar-refractivity contribution in [2.45, 2.75) is 32.0 Å². The van der Waals surface area contributed by atoms with E-state index in [0.29, 0.717) is 34.0 Å². The molecule has 1 aromatic heterocycles. The maximum Gasteiger partial charge on any atom is 0.416 e. The minimum absolute atomic E-state index is 0.234. The van der Waals surface area contributed by atoms with E-state index in [9.17, 15) is 27.6 Å². The van der Waals surface area contributed by atoms with E-state index in [0.717, 1.165) is 18.2 Å². The molecule has 2 N–H and O–H groups in total. The lowest BCUT2D eigenvalue weighted by Crippen LogP contribution is -2.55. The number of aryl methyl sites for hydroxylation is 1. The molecule has 12 heteroatoms. The molecule has 3 aromatic carbocycles. The number of halogens is 4. The summed E-state index contributed by atoms with van der Waals surface area (Å²) in [5.41, 5.74) is 1.73. The Bertz CT molecular complexity index is 1690. The molecule has 2 atom stereocenters. The number of para-hydroxylation sites is 1. The van der Waals surface area contributed by atoms with Gasteiger partial charge in [-0.2, -0.15) is 18.3 Å². The lowest BCUT2D eigenvalue weighted by atomic mass is 9.81. The van der Waals surface area contributed by atoms with Gasteiger partial charge in [-0.3, -0.25) is 19.3 Å². The van der Waals surface area contributed by atoms with E-state index in [1.165, 1.54) is 11.0 Å². The van der Waals surface area contributed by atoms with Crippen molar-refractivity contribution in [1.29, 1.82) is 0 Å². The highest BCUT2D eigenvalue weighted by atomic mass is 35.5. The second-order valence-electron chi connectivity index (χ2n) is 9.97. The maximum absolute atomic E-state index is 14.2. The van der Waals surface area contributed by atoms with Gasteiger partial charge in [0, 0.05) is 29.3 Å². The fourth-order valence-corrected chi connectivity index (χ4v) is 5.42. The van der Waals surface area contributed by atoms with Gasteiger partial charge in [0.05, 0.1) is 16.9 Å². The number of alkyl halides is 4. The van der Waals surface area contributed by atoms with Gasteiger partial charge in [-0.1, -0.05) is 36.4 Å². The molecule has 222 valence electrons. The van der Waals surface area contributed by atoms with E-state index >= 15 is 0 Å². The van der Waals surface area contributed by atoms with Gasteiger partial charge in [-0.05, 0) is 61.9 Å². The average Bonchev–Trinajstić information content (AvgIpc) is 3.34. The van der Waals surface area contributed by atoms with Crippen molar-refractivity contribution in [2.75, 3.05) is 22.6 Å². The van der Waals surface area contributed by atoms with Crippen molar-refractivity contribution < 1.29 is 27.6 Å². The average molecular weight is 610 g/mol. The predicted molar refractivity (Wildman–Crippen MR) is 157 cm³/mol. The molecule has 4 aromatic rings. The Morgan fingerprint density at radius 2 is 1.72 bits per heavy atom. The molecular formula is C31H27ClF3N5O3. The third-order valence-electron chi connectivity index (χ3n) is 7.22. The number of amides is 3. The molecule has 0 unspecified atom stereocenters. The summed E-state index contributed by atoms with van der Waals surface area (Å²) in [7, 11) is 0. The topological polar surface area (TPSA) is 96.3 Å². The van der Waals surface area contributed by atoms with Crippen molar-refractivity contribution >= 4 is 40.8 Å². The number of fused-ring (bicyclic) bond motifs is 1. The number of carbonyl (C=O) groups is 3. The molecule has 8 nitrogen and oxygen atoms in total. The zero-order valence-electron chi connectivity index (χ0n) is 23.2. The van der Waals surface area contributed by atoms with Gasteiger partial charge in [-0.25, -0.2) is 4.68 Å². The Labute approximate surface area is 250 Å². The molecule has 2 heterocycles. The van der Waals surface area contributed by atoms with Crippen LogP contribution in [0.2, 0.25) is 0 Å². The molecule has 0 saturated heterocycles. The fourth-order valence-electron chi connectivity index (χ4n) is 5.36. The van der Waals surface area contributed by atoms with Crippen LogP contribution in [-0.4, -0.2) is 46.0 Å². The number of likely N-dealkylation sites (N-methyl/N-ethyl adjacent to an activating group) is 1. The number of benzene rings is 3. The number of aromatic nitrogens is 2. The van der Waals surface area contributed by atoms with Crippen LogP contribution in [-0.2, 0) is 15.8 Å². The molecular weight excluding hydrogens is 583 g/mol. The summed E-state index contributed by atoms with van der Waals surface area (Å²) in [5.74, 6) is -2.29. The highest BCUT2D eigenvalue weighted by Crippen LogP contribution is 2.44. The molecule has 3 amide bonds. The first-order valence-corrected chi connectivity index (χ1v) is 14.0. The molecule has 0 spiro atoms. The molecule has 5 rings (SSSR count). The number of carbonyl (C=O) groups excluding carboxylic acids is 3. The zero-order valence-corrected chi connectivity index (χ0v) is 23.9. The second-order valence-corrected chi connectivity index (χ2v) is 10.2. The minimum atomic E-state index is -4.65. The Hall–Kier alpha value is -4.64. The summed E-state index contributed by atoms with van der Waals surface area (Å²) in [6, 6.07) is 18.9. The monoisotopic (exact) mass is 609 g/mol. The standard InChI is InChI=1S/C31H27ClF3N5O3/c1-3-39-29-25(18(2)38-40(29)23-13-5-4-6-14-23)26(19-9-8-12-22(16-19)36-24(41)17-32)27(30(39)43)37-28(42)20-10-7-11-21(15-20)31(33,34)35/h4-16,26-27H,3,17H2,1-2H3,(H,36,41)(H,37,42)/t26-,27-/m0/s1. The first-order chi connectivity index (χ1) is 20.5. The van der Waals surface area contributed by atoms with Crippen LogP contribution in [0.3, 0.4) is 0 Å². The van der Waals surface area contributed by atoms with E-state index in [-0.39, 0.29) is 18.0 Å². The van der Waals surface area contributed by atoms with Crippen molar-refractivity contribution in [3.8, 4) is 5.69 Å². The van der Waals surface area contributed by atoms with Gasteiger partial charge in [0.15, 0.2) is 0 Å². The summed E-state index contributed by atoms with van der Waals surface area (Å²) >= 11 is 5.68. The van der Waals surface area contributed by atoms with Gasteiger partial charge < -0.3 is 10.6 Å². The smallest absolute Gasteiger partial charge is 0.339 e. The Kier molecular flexibility index (Phi) is 8.27. The number of anilines is 2. The van der Waals surface area contributed by atoms with Crippen LogP contribution in [0.1, 0.15) is 45.6 Å². The van der Waals surface area contributed by atoms with Crippen LogP contribution in [0.15, 0.2) is 78.9 Å². The minimum Gasteiger partial charge on any atom is -0.339 e. The predicted octanol–water partition coefficient (Wildman–Crippen LogP) is 5.67. The summed E-state index contributed by atoms with van der Waals surface area (Å²) in [6.07, 6.45) is -4.65. The van der Waals surface area contributed by atoms with Gasteiger partial charge in [0.1, 0.15) is 17.7 Å². The van der Waals surface area contributed by atoms with Gasteiger partial charge in [-0.15, -0.1) is 11.6 Å². The Morgan fingerprint density at radius 3 is 2.40 bits per heavy atom. The normalized spacial score (nSPS) is 16.5. The largest absolute Gasteiger partial charge is 0.416 e. The third-order valence-corrected chi connectivity index (χ3v) is 7.46. The molecule has 1 aliphatic heterocycles. The maximum atomic E-state index is 14.2. The first-order valence-electron chi connectivity index (χ1n) is 13.4. The number of nitrogens with zero attached hydrogens (tertiary/aromatic N) is 3. The van der Waals surface area contributed by atoms with E-state index in [2.05, 4.69) is 10.6 Å². The van der Waals surface area contributed by atoms with Crippen LogP contribution < -0.4 is 15.5 Å². The van der Waals surface area contributed by atoms with Crippen molar-refractivity contribution in [3.05, 3.63) is 107 Å². The lowest BCUT2D eigenvalue weighted by Gasteiger charge is -2.38. The number of hydrogen-bond donors (Lipinski definition) is 2. The molecule has 0 radical (unpaired) electrons. The molecule has 0 bridgehead atoms. The molecule has 0 aliphatic carbocycles. The van der Waals surface area contributed by atoms with Crippen LogP contribution in [0.5, 0.6) is 0 Å². The van der Waals surface area contributed by atoms with Crippen molar-refractivity contribution in [2.24, 2.45) is 0 Å². The van der Waals surface area contributed by atoms with Gasteiger partial charge in [0.25, 0.3) is 11.8 Å². The lowest BCUT2D eigenvalue weighted by molar-refractivity contribution is -0.137. The van der Waals surface area contributed by atoms with E-state index in [1.54, 1.807) is 42.8 Å². The second kappa shape index (κ2) is 11.9. The zero-order chi connectivity index (χ0) is 30.9. The van der Waals surface area contributed by atoms with Crippen LogP contribution in [0.25, 0.3) is 5.69 Å². The van der Waals surface area contributed by atoms with E-state index in [1.807, 2.05) is 30.3 Å².